The van der Waals surface area contributed by atoms with Crippen LogP contribution in [0.1, 0.15) is 41.3 Å². The first-order valence-corrected chi connectivity index (χ1v) is 8.01. The van der Waals surface area contributed by atoms with Crippen LogP contribution in [-0.4, -0.2) is 40.2 Å². The minimum absolute atomic E-state index is 0.0101. The molecule has 0 bridgehead atoms. The summed E-state index contributed by atoms with van der Waals surface area (Å²) in [5.74, 6) is 0. The number of amides is 2. The highest BCUT2D eigenvalue weighted by Gasteiger charge is 2.32. The standard InChI is InChI=1S/C14H23N3O2S/c1-10-13(20-11(2)16-10)9-15-14(19)17(12-5-6-12)7-3-4-8-18/h12,18H,3-9H2,1-2H3,(H,15,19). The van der Waals surface area contributed by atoms with E-state index in [2.05, 4.69) is 10.3 Å². The molecule has 1 aliphatic rings. The van der Waals surface area contributed by atoms with Crippen LogP contribution in [-0.2, 0) is 6.54 Å². The maximum absolute atomic E-state index is 12.2. The van der Waals surface area contributed by atoms with Gasteiger partial charge >= 0.3 is 6.03 Å². The molecule has 0 aromatic carbocycles. The van der Waals surface area contributed by atoms with Crippen LogP contribution < -0.4 is 5.32 Å². The number of carbonyl (C=O) groups excluding carboxylic acids is 1. The SMILES string of the molecule is Cc1nc(C)c(CNC(=O)N(CCCCO)C2CC2)s1. The summed E-state index contributed by atoms with van der Waals surface area (Å²) in [6, 6.07) is 0.411. The van der Waals surface area contributed by atoms with Gasteiger partial charge in [0, 0.05) is 24.1 Å². The molecule has 1 aromatic rings. The first-order valence-electron chi connectivity index (χ1n) is 7.20. The lowest BCUT2D eigenvalue weighted by Gasteiger charge is -2.22. The molecule has 1 fully saturated rings. The van der Waals surface area contributed by atoms with Crippen molar-refractivity contribution in [2.75, 3.05) is 13.2 Å². The Morgan fingerprint density at radius 2 is 2.20 bits per heavy atom. The van der Waals surface area contributed by atoms with Crippen molar-refractivity contribution in [3.63, 3.8) is 0 Å². The molecule has 20 heavy (non-hydrogen) atoms. The molecule has 0 saturated heterocycles. The molecule has 0 spiro atoms. The van der Waals surface area contributed by atoms with E-state index >= 15 is 0 Å². The number of rotatable bonds is 7. The topological polar surface area (TPSA) is 65.5 Å². The van der Waals surface area contributed by atoms with Gasteiger partial charge in [0.15, 0.2) is 0 Å². The quantitative estimate of drug-likeness (QED) is 0.758. The molecule has 112 valence electrons. The Labute approximate surface area is 124 Å². The number of nitrogens with zero attached hydrogens (tertiary/aromatic N) is 2. The molecule has 0 atom stereocenters. The van der Waals surface area contributed by atoms with E-state index < -0.39 is 0 Å². The lowest BCUT2D eigenvalue weighted by molar-refractivity contribution is 0.190. The highest BCUT2D eigenvalue weighted by molar-refractivity contribution is 7.11. The Bertz CT molecular complexity index is 457. The number of hydrogen-bond donors (Lipinski definition) is 2. The van der Waals surface area contributed by atoms with Gasteiger partial charge in [-0.15, -0.1) is 11.3 Å². The minimum Gasteiger partial charge on any atom is -0.396 e. The maximum atomic E-state index is 12.2. The minimum atomic E-state index is 0.0101. The van der Waals surface area contributed by atoms with Crippen molar-refractivity contribution < 1.29 is 9.90 Å². The van der Waals surface area contributed by atoms with Gasteiger partial charge in [0.25, 0.3) is 0 Å². The van der Waals surface area contributed by atoms with E-state index in [9.17, 15) is 4.79 Å². The first-order chi connectivity index (χ1) is 9.61. The fraction of sp³-hybridized carbons (Fsp3) is 0.714. The summed E-state index contributed by atoms with van der Waals surface area (Å²) in [5, 5.41) is 12.9. The predicted octanol–water partition coefficient (Wildman–Crippen LogP) is 2.21. The number of nitrogens with one attached hydrogen (secondary N) is 1. The number of aryl methyl sites for hydroxylation is 2. The molecule has 2 amide bonds. The summed E-state index contributed by atoms with van der Waals surface area (Å²) in [4.78, 5) is 19.7. The van der Waals surface area contributed by atoms with Crippen molar-refractivity contribution in [2.24, 2.45) is 0 Å². The van der Waals surface area contributed by atoms with E-state index in [0.29, 0.717) is 12.6 Å². The summed E-state index contributed by atoms with van der Waals surface area (Å²) < 4.78 is 0. The van der Waals surface area contributed by atoms with Crippen LogP contribution in [0, 0.1) is 13.8 Å². The van der Waals surface area contributed by atoms with Crippen molar-refractivity contribution in [2.45, 2.75) is 52.1 Å². The largest absolute Gasteiger partial charge is 0.396 e. The molecule has 0 radical (unpaired) electrons. The number of thiazole rings is 1. The van der Waals surface area contributed by atoms with Crippen LogP contribution in [0.2, 0.25) is 0 Å². The average Bonchev–Trinajstić information content (AvgIpc) is 3.18. The zero-order valence-corrected chi connectivity index (χ0v) is 13.0. The predicted molar refractivity (Wildman–Crippen MR) is 79.9 cm³/mol. The molecule has 1 aromatic heterocycles. The molecule has 1 saturated carbocycles. The summed E-state index contributed by atoms with van der Waals surface area (Å²) >= 11 is 1.64. The van der Waals surface area contributed by atoms with Gasteiger partial charge in [-0.1, -0.05) is 0 Å². The lowest BCUT2D eigenvalue weighted by Crippen LogP contribution is -2.41. The van der Waals surface area contributed by atoms with Gasteiger partial charge in [-0.3, -0.25) is 0 Å². The first kappa shape index (κ1) is 15.3. The molecule has 2 N–H and O–H groups in total. The number of aliphatic hydroxyl groups is 1. The van der Waals surface area contributed by atoms with Crippen LogP contribution in [0.15, 0.2) is 0 Å². The molecule has 5 nitrogen and oxygen atoms in total. The van der Waals surface area contributed by atoms with Gasteiger partial charge in [-0.05, 0) is 39.5 Å². The number of hydrogen-bond acceptors (Lipinski definition) is 4. The Kier molecular flexibility index (Phi) is 5.37. The molecule has 0 unspecified atom stereocenters. The normalized spacial score (nSPS) is 14.3. The van der Waals surface area contributed by atoms with Gasteiger partial charge in [0.1, 0.15) is 0 Å². The summed E-state index contributed by atoms with van der Waals surface area (Å²) in [5.41, 5.74) is 1.01. The summed E-state index contributed by atoms with van der Waals surface area (Å²) in [6.07, 6.45) is 3.82. The van der Waals surface area contributed by atoms with Crippen molar-refractivity contribution in [3.8, 4) is 0 Å². The second-order valence-electron chi connectivity index (χ2n) is 5.26. The van der Waals surface area contributed by atoms with Gasteiger partial charge in [-0.2, -0.15) is 0 Å². The molecular formula is C14H23N3O2S. The summed E-state index contributed by atoms with van der Waals surface area (Å²) in [6.45, 7) is 5.44. The van der Waals surface area contributed by atoms with Crippen molar-refractivity contribution in [1.29, 1.82) is 0 Å². The Balaban J connectivity index is 1.83. The van der Waals surface area contributed by atoms with Gasteiger partial charge < -0.3 is 15.3 Å². The fourth-order valence-corrected chi connectivity index (χ4v) is 3.10. The third kappa shape index (κ3) is 4.18. The Morgan fingerprint density at radius 1 is 1.45 bits per heavy atom. The van der Waals surface area contributed by atoms with Crippen LogP contribution in [0.5, 0.6) is 0 Å². The van der Waals surface area contributed by atoms with E-state index in [4.69, 9.17) is 5.11 Å². The van der Waals surface area contributed by atoms with E-state index in [-0.39, 0.29) is 12.6 Å². The summed E-state index contributed by atoms with van der Waals surface area (Å²) in [7, 11) is 0. The van der Waals surface area contributed by atoms with E-state index in [1.54, 1.807) is 11.3 Å². The number of urea groups is 1. The fourth-order valence-electron chi connectivity index (χ4n) is 2.23. The highest BCUT2D eigenvalue weighted by atomic mass is 32.1. The van der Waals surface area contributed by atoms with Crippen LogP contribution in [0.25, 0.3) is 0 Å². The molecule has 1 aliphatic carbocycles. The molecule has 2 rings (SSSR count). The highest BCUT2D eigenvalue weighted by Crippen LogP contribution is 2.27. The molecular weight excluding hydrogens is 274 g/mol. The third-order valence-electron chi connectivity index (χ3n) is 3.46. The monoisotopic (exact) mass is 297 g/mol. The smallest absolute Gasteiger partial charge is 0.317 e. The molecule has 1 heterocycles. The number of unbranched alkanes of at least 4 members (excludes halogenated alkanes) is 1. The van der Waals surface area contributed by atoms with E-state index in [0.717, 1.165) is 47.8 Å². The van der Waals surface area contributed by atoms with Gasteiger partial charge in [0.05, 0.1) is 17.2 Å². The van der Waals surface area contributed by atoms with E-state index in [1.807, 2.05) is 18.7 Å². The Morgan fingerprint density at radius 3 is 2.75 bits per heavy atom. The second kappa shape index (κ2) is 7.04. The van der Waals surface area contributed by atoms with Crippen molar-refractivity contribution in [3.05, 3.63) is 15.6 Å². The number of carbonyl (C=O) groups is 1. The number of aliphatic hydroxyl groups excluding tert-OH is 1. The van der Waals surface area contributed by atoms with Crippen LogP contribution in [0.3, 0.4) is 0 Å². The third-order valence-corrected chi connectivity index (χ3v) is 4.53. The molecule has 0 aliphatic heterocycles. The number of aromatic nitrogens is 1. The second-order valence-corrected chi connectivity index (χ2v) is 6.54. The van der Waals surface area contributed by atoms with Crippen LogP contribution >= 0.6 is 11.3 Å². The van der Waals surface area contributed by atoms with E-state index in [1.165, 1.54) is 0 Å². The van der Waals surface area contributed by atoms with Gasteiger partial charge in [0.2, 0.25) is 0 Å². The zero-order chi connectivity index (χ0) is 14.5. The Hall–Kier alpha value is -1.14. The zero-order valence-electron chi connectivity index (χ0n) is 12.2. The van der Waals surface area contributed by atoms with Crippen LogP contribution in [0.4, 0.5) is 4.79 Å². The van der Waals surface area contributed by atoms with Gasteiger partial charge in [-0.25, -0.2) is 9.78 Å². The lowest BCUT2D eigenvalue weighted by atomic mass is 10.3. The van der Waals surface area contributed by atoms with Crippen molar-refractivity contribution in [1.82, 2.24) is 15.2 Å². The average molecular weight is 297 g/mol. The maximum Gasteiger partial charge on any atom is 0.317 e. The molecule has 6 heteroatoms. The van der Waals surface area contributed by atoms with Crippen molar-refractivity contribution >= 4 is 17.4 Å².